The summed E-state index contributed by atoms with van der Waals surface area (Å²) in [7, 11) is -3.71. The van der Waals surface area contributed by atoms with Crippen LogP contribution in [-0.2, 0) is 10.0 Å². The van der Waals surface area contributed by atoms with Gasteiger partial charge >= 0.3 is 0 Å². The fraction of sp³-hybridized carbons (Fsp3) is 0. The molecule has 0 radical (unpaired) electrons. The Bertz CT molecular complexity index is 957. The van der Waals surface area contributed by atoms with E-state index in [2.05, 4.69) is 25.6 Å². The molecule has 3 aromatic rings. The summed E-state index contributed by atoms with van der Waals surface area (Å²) in [6, 6.07) is 13.7. The van der Waals surface area contributed by atoms with Gasteiger partial charge in [0.15, 0.2) is 5.13 Å². The van der Waals surface area contributed by atoms with Gasteiger partial charge in [0.25, 0.3) is 10.0 Å². The quantitative estimate of drug-likeness (QED) is 0.633. The Balaban J connectivity index is 1.87. The Labute approximate surface area is 151 Å². The molecule has 0 bridgehead atoms. The molecule has 0 spiro atoms. The second-order valence-corrected chi connectivity index (χ2v) is 8.50. The molecule has 2 aromatic carbocycles. The molecule has 3 rings (SSSR count). The van der Waals surface area contributed by atoms with Crippen LogP contribution in [0.4, 0.5) is 5.13 Å². The van der Waals surface area contributed by atoms with Crippen molar-refractivity contribution < 1.29 is 8.42 Å². The van der Waals surface area contributed by atoms with Crippen molar-refractivity contribution in [1.29, 1.82) is 0 Å². The molecule has 0 saturated heterocycles. The molecule has 8 heteroatoms. The molecule has 118 valence electrons. The molecule has 0 fully saturated rings. The van der Waals surface area contributed by atoms with Gasteiger partial charge in [-0.2, -0.15) is 0 Å². The highest BCUT2D eigenvalue weighted by molar-refractivity contribution is 9.10. The van der Waals surface area contributed by atoms with Crippen LogP contribution in [0.25, 0.3) is 11.3 Å². The van der Waals surface area contributed by atoms with Crippen molar-refractivity contribution in [3.05, 3.63) is 63.4 Å². The lowest BCUT2D eigenvalue weighted by Crippen LogP contribution is -2.12. The van der Waals surface area contributed by atoms with Crippen LogP contribution < -0.4 is 4.72 Å². The number of hydrogen-bond donors (Lipinski definition) is 1. The third-order valence-electron chi connectivity index (χ3n) is 2.95. The Hall–Kier alpha value is -1.41. The van der Waals surface area contributed by atoms with Crippen LogP contribution in [0.15, 0.2) is 63.3 Å². The van der Waals surface area contributed by atoms with E-state index in [0.29, 0.717) is 15.8 Å². The molecule has 0 saturated carbocycles. The van der Waals surface area contributed by atoms with E-state index in [1.165, 1.54) is 23.5 Å². The van der Waals surface area contributed by atoms with E-state index in [1.807, 2.05) is 24.3 Å². The minimum atomic E-state index is -3.71. The maximum atomic E-state index is 12.3. The average Bonchev–Trinajstić information content (AvgIpc) is 2.95. The predicted octanol–water partition coefficient (Wildman–Crippen LogP) is 5.03. The van der Waals surface area contributed by atoms with Crippen molar-refractivity contribution in [2.24, 2.45) is 0 Å². The number of rotatable bonds is 4. The maximum absolute atomic E-state index is 12.3. The lowest BCUT2D eigenvalue weighted by molar-refractivity contribution is 0.601. The van der Waals surface area contributed by atoms with Crippen molar-refractivity contribution in [2.45, 2.75) is 4.90 Å². The van der Waals surface area contributed by atoms with Crippen LogP contribution in [0.5, 0.6) is 0 Å². The van der Waals surface area contributed by atoms with Gasteiger partial charge in [-0.05, 0) is 30.3 Å². The van der Waals surface area contributed by atoms with E-state index in [1.54, 1.807) is 17.5 Å². The van der Waals surface area contributed by atoms with Gasteiger partial charge < -0.3 is 0 Å². The number of nitrogens with one attached hydrogen (secondary N) is 1. The summed E-state index contributed by atoms with van der Waals surface area (Å²) < 4.78 is 28.1. The largest absolute Gasteiger partial charge is 0.263 e. The summed E-state index contributed by atoms with van der Waals surface area (Å²) in [6.45, 7) is 0. The molecule has 1 N–H and O–H groups in total. The molecule has 1 aromatic heterocycles. The Kier molecular flexibility index (Phi) is 4.72. The summed E-state index contributed by atoms with van der Waals surface area (Å²) in [4.78, 5) is 4.43. The molecule has 1 heterocycles. The molecular weight excluding hydrogens is 420 g/mol. The summed E-state index contributed by atoms with van der Waals surface area (Å²) in [5.41, 5.74) is 1.61. The lowest BCUT2D eigenvalue weighted by atomic mass is 10.2. The fourth-order valence-corrected chi connectivity index (χ4v) is 4.58. The molecule has 4 nitrogen and oxygen atoms in total. The topological polar surface area (TPSA) is 59.1 Å². The number of halogens is 2. The van der Waals surface area contributed by atoms with Gasteiger partial charge in [-0.25, -0.2) is 13.4 Å². The van der Waals surface area contributed by atoms with E-state index >= 15 is 0 Å². The van der Waals surface area contributed by atoms with E-state index < -0.39 is 10.0 Å². The van der Waals surface area contributed by atoms with Crippen LogP contribution in [0.1, 0.15) is 0 Å². The first-order valence-corrected chi connectivity index (χ1v) is 9.97. The minimum absolute atomic E-state index is 0.101. The molecule has 0 atom stereocenters. The first-order chi connectivity index (χ1) is 10.9. The van der Waals surface area contributed by atoms with Gasteiger partial charge in [0.2, 0.25) is 0 Å². The Morgan fingerprint density at radius 2 is 1.91 bits per heavy atom. The van der Waals surface area contributed by atoms with E-state index in [9.17, 15) is 8.42 Å². The molecule has 0 aliphatic heterocycles. The monoisotopic (exact) mass is 428 g/mol. The van der Waals surface area contributed by atoms with Crippen molar-refractivity contribution in [2.75, 3.05) is 4.72 Å². The fourth-order valence-electron chi connectivity index (χ4n) is 1.91. The van der Waals surface area contributed by atoms with Crippen LogP contribution >= 0.6 is 38.9 Å². The molecule has 0 aliphatic carbocycles. The number of anilines is 1. The van der Waals surface area contributed by atoms with Crippen LogP contribution in [-0.4, -0.2) is 13.4 Å². The molecule has 23 heavy (non-hydrogen) atoms. The van der Waals surface area contributed by atoms with Crippen LogP contribution in [0.2, 0.25) is 5.02 Å². The van der Waals surface area contributed by atoms with Gasteiger partial charge in [0.1, 0.15) is 0 Å². The standard InChI is InChI=1S/C15H10BrClN2O2S2/c16-11-4-1-3-10(7-11)14-9-22-15(18-14)19-23(20,21)13-6-2-5-12(17)8-13/h1-9H,(H,18,19). The third kappa shape index (κ3) is 3.92. The van der Waals surface area contributed by atoms with Crippen molar-refractivity contribution in [3.63, 3.8) is 0 Å². The van der Waals surface area contributed by atoms with Crippen LogP contribution in [0, 0.1) is 0 Å². The zero-order valence-electron chi connectivity index (χ0n) is 11.5. The number of hydrogen-bond acceptors (Lipinski definition) is 4. The number of benzene rings is 2. The summed E-state index contributed by atoms with van der Waals surface area (Å²) in [6.07, 6.45) is 0. The van der Waals surface area contributed by atoms with Gasteiger partial charge in [-0.1, -0.05) is 45.7 Å². The SMILES string of the molecule is O=S(=O)(Nc1nc(-c2cccc(Br)c2)cs1)c1cccc(Cl)c1. The Morgan fingerprint density at radius 3 is 2.65 bits per heavy atom. The summed E-state index contributed by atoms with van der Waals surface area (Å²) in [5.74, 6) is 0. The normalized spacial score (nSPS) is 11.4. The second-order valence-electron chi connectivity index (χ2n) is 4.61. The molecule has 0 aliphatic rings. The first-order valence-electron chi connectivity index (χ1n) is 6.44. The number of aromatic nitrogens is 1. The zero-order chi connectivity index (χ0) is 16.4. The van der Waals surface area contributed by atoms with E-state index in [-0.39, 0.29) is 4.90 Å². The lowest BCUT2D eigenvalue weighted by Gasteiger charge is -2.05. The highest BCUT2D eigenvalue weighted by atomic mass is 79.9. The van der Waals surface area contributed by atoms with Gasteiger partial charge in [-0.3, -0.25) is 4.72 Å². The van der Waals surface area contributed by atoms with E-state index in [4.69, 9.17) is 11.6 Å². The van der Waals surface area contributed by atoms with Crippen LogP contribution in [0.3, 0.4) is 0 Å². The number of nitrogens with zero attached hydrogens (tertiary/aromatic N) is 1. The van der Waals surface area contributed by atoms with Gasteiger partial charge in [-0.15, -0.1) is 11.3 Å². The molecular formula is C15H10BrClN2O2S2. The van der Waals surface area contributed by atoms with Gasteiger partial charge in [0, 0.05) is 20.4 Å². The summed E-state index contributed by atoms with van der Waals surface area (Å²) >= 11 is 10.5. The second kappa shape index (κ2) is 6.60. The first kappa shape index (κ1) is 16.4. The van der Waals surface area contributed by atoms with Crippen molar-refractivity contribution in [3.8, 4) is 11.3 Å². The minimum Gasteiger partial charge on any atom is -0.255 e. The number of sulfonamides is 1. The number of thiazole rings is 1. The van der Waals surface area contributed by atoms with Crippen molar-refractivity contribution in [1.82, 2.24) is 4.98 Å². The predicted molar refractivity (Wildman–Crippen MR) is 97.5 cm³/mol. The Morgan fingerprint density at radius 1 is 1.13 bits per heavy atom. The van der Waals surface area contributed by atoms with Crippen molar-refractivity contribution >= 4 is 54.0 Å². The highest BCUT2D eigenvalue weighted by Gasteiger charge is 2.16. The molecule has 0 amide bonds. The smallest absolute Gasteiger partial charge is 0.255 e. The van der Waals surface area contributed by atoms with E-state index in [0.717, 1.165) is 10.0 Å². The maximum Gasteiger partial charge on any atom is 0.263 e. The third-order valence-corrected chi connectivity index (χ3v) is 5.90. The highest BCUT2D eigenvalue weighted by Crippen LogP contribution is 2.28. The average molecular weight is 430 g/mol. The molecule has 0 unspecified atom stereocenters. The summed E-state index contributed by atoms with van der Waals surface area (Å²) in [5, 5.41) is 2.47. The van der Waals surface area contributed by atoms with Gasteiger partial charge in [0.05, 0.1) is 10.6 Å². The zero-order valence-corrected chi connectivity index (χ0v) is 15.5.